The van der Waals surface area contributed by atoms with E-state index >= 15 is 0 Å². The van der Waals surface area contributed by atoms with Crippen LogP contribution in [0.3, 0.4) is 0 Å². The van der Waals surface area contributed by atoms with Gasteiger partial charge in [0.2, 0.25) is 11.7 Å². The molecule has 0 heterocycles. The molecule has 0 fully saturated rings. The summed E-state index contributed by atoms with van der Waals surface area (Å²) >= 11 is 4.75. The second-order valence-corrected chi connectivity index (χ2v) is 3.47. The third-order valence-corrected chi connectivity index (χ3v) is 1.89. The average molecular weight is 257 g/mol. The van der Waals surface area contributed by atoms with Crippen LogP contribution >= 0.6 is 12.2 Å². The zero-order valence-corrected chi connectivity index (χ0v) is 9.51. The zero-order chi connectivity index (χ0) is 13.0. The fraction of sp³-hybridized carbons (Fsp3) is 0.111. The lowest BCUT2D eigenvalue weighted by molar-refractivity contribution is -0.387. The molecule has 0 aliphatic carbocycles. The van der Waals surface area contributed by atoms with Gasteiger partial charge in [-0.3, -0.25) is 14.9 Å². The molecule has 1 aromatic rings. The molecule has 1 rings (SSSR count). The maximum atomic E-state index is 13.0. The molecule has 1 aromatic carbocycles. The van der Waals surface area contributed by atoms with Crippen LogP contribution in [-0.2, 0) is 4.79 Å². The first-order chi connectivity index (χ1) is 7.90. The summed E-state index contributed by atoms with van der Waals surface area (Å²) < 4.78 is 13.0. The quantitative estimate of drug-likeness (QED) is 0.477. The number of carbonyl (C=O) groups excluding carboxylic acids is 1. The number of nitro groups is 1. The molecule has 0 saturated carbocycles. The van der Waals surface area contributed by atoms with Crippen LogP contribution in [0.2, 0.25) is 0 Å². The number of nitrogens with zero attached hydrogens (tertiary/aromatic N) is 1. The fourth-order valence-corrected chi connectivity index (χ4v) is 1.31. The van der Waals surface area contributed by atoms with Gasteiger partial charge < -0.3 is 10.6 Å². The number of anilines is 1. The third-order valence-electron chi connectivity index (χ3n) is 1.69. The van der Waals surface area contributed by atoms with Crippen LogP contribution in [0.5, 0.6) is 0 Å². The minimum Gasteiger partial charge on any atom is -0.332 e. The van der Waals surface area contributed by atoms with Gasteiger partial charge in [0.05, 0.1) is 4.92 Å². The molecule has 0 saturated heterocycles. The highest BCUT2D eigenvalue weighted by Crippen LogP contribution is 2.21. The number of benzene rings is 1. The van der Waals surface area contributed by atoms with E-state index in [4.69, 9.17) is 12.2 Å². The van der Waals surface area contributed by atoms with E-state index in [1.807, 2.05) is 0 Å². The van der Waals surface area contributed by atoms with Crippen molar-refractivity contribution < 1.29 is 14.1 Å². The Morgan fingerprint density at radius 2 is 2.18 bits per heavy atom. The van der Waals surface area contributed by atoms with E-state index in [-0.39, 0.29) is 16.7 Å². The smallest absolute Gasteiger partial charge is 0.306 e. The second-order valence-electron chi connectivity index (χ2n) is 3.06. The van der Waals surface area contributed by atoms with Crippen LogP contribution in [0.25, 0.3) is 0 Å². The van der Waals surface area contributed by atoms with Gasteiger partial charge in [-0.1, -0.05) is 0 Å². The molecule has 17 heavy (non-hydrogen) atoms. The SMILES string of the molecule is CC(=O)NC(=S)Nc1ccc(F)c([N+](=O)[O-])c1. The van der Waals surface area contributed by atoms with Gasteiger partial charge in [-0.2, -0.15) is 4.39 Å². The van der Waals surface area contributed by atoms with E-state index in [0.717, 1.165) is 12.1 Å². The Balaban J connectivity index is 2.86. The monoisotopic (exact) mass is 257 g/mol. The summed E-state index contributed by atoms with van der Waals surface area (Å²) in [4.78, 5) is 20.3. The molecule has 0 aliphatic heterocycles. The molecule has 2 N–H and O–H groups in total. The number of carbonyl (C=O) groups is 1. The van der Waals surface area contributed by atoms with E-state index in [9.17, 15) is 19.3 Å². The van der Waals surface area contributed by atoms with Crippen molar-refractivity contribution in [3.05, 3.63) is 34.1 Å². The summed E-state index contributed by atoms with van der Waals surface area (Å²) in [7, 11) is 0. The van der Waals surface area contributed by atoms with Gasteiger partial charge in [0.25, 0.3) is 0 Å². The topological polar surface area (TPSA) is 84.3 Å². The Kier molecular flexibility index (Phi) is 4.05. The van der Waals surface area contributed by atoms with Gasteiger partial charge in [-0.25, -0.2) is 0 Å². The number of nitro benzene ring substituents is 1. The van der Waals surface area contributed by atoms with Gasteiger partial charge in [0, 0.05) is 18.7 Å². The van der Waals surface area contributed by atoms with Gasteiger partial charge >= 0.3 is 5.69 Å². The molecule has 0 bridgehead atoms. The standard InChI is InChI=1S/C9H8FN3O3S/c1-5(14)11-9(17)12-6-2-3-7(10)8(4-6)13(15)16/h2-4H,1H3,(H2,11,12,14,17). The molecule has 0 spiro atoms. The maximum absolute atomic E-state index is 13.0. The number of hydrogen-bond donors (Lipinski definition) is 2. The summed E-state index contributed by atoms with van der Waals surface area (Å²) in [5.41, 5.74) is -0.447. The molecule has 1 amide bonds. The number of nitrogens with one attached hydrogen (secondary N) is 2. The van der Waals surface area contributed by atoms with Gasteiger partial charge in [0.15, 0.2) is 5.11 Å². The Bertz CT molecular complexity index is 492. The molecule has 0 unspecified atom stereocenters. The fourth-order valence-electron chi connectivity index (χ4n) is 1.05. The van der Waals surface area contributed by atoms with Crippen molar-refractivity contribution in [3.63, 3.8) is 0 Å². The van der Waals surface area contributed by atoms with Crippen molar-refractivity contribution in [2.45, 2.75) is 6.92 Å². The molecule has 90 valence electrons. The summed E-state index contributed by atoms with van der Waals surface area (Å²) in [6.45, 7) is 1.26. The molecule has 0 aliphatic rings. The Hall–Kier alpha value is -2.09. The molecule has 0 atom stereocenters. The van der Waals surface area contributed by atoms with Crippen LogP contribution in [0, 0.1) is 15.9 Å². The minimum atomic E-state index is -0.939. The van der Waals surface area contributed by atoms with Crippen molar-refractivity contribution in [2.24, 2.45) is 0 Å². The highest BCUT2D eigenvalue weighted by molar-refractivity contribution is 7.80. The number of amides is 1. The number of halogens is 1. The van der Waals surface area contributed by atoms with Crippen molar-refractivity contribution in [2.75, 3.05) is 5.32 Å². The average Bonchev–Trinajstić information content (AvgIpc) is 2.19. The summed E-state index contributed by atoms with van der Waals surface area (Å²) in [5.74, 6) is -1.31. The van der Waals surface area contributed by atoms with E-state index < -0.39 is 16.4 Å². The molecular formula is C9H8FN3O3S. The summed E-state index contributed by atoms with van der Waals surface area (Å²) in [6, 6.07) is 3.21. The first-order valence-corrected chi connectivity index (χ1v) is 4.83. The lowest BCUT2D eigenvalue weighted by atomic mass is 10.2. The Morgan fingerprint density at radius 1 is 1.53 bits per heavy atom. The van der Waals surface area contributed by atoms with Crippen LogP contribution in [0.4, 0.5) is 15.8 Å². The number of hydrogen-bond acceptors (Lipinski definition) is 4. The Morgan fingerprint density at radius 3 is 2.71 bits per heavy atom. The van der Waals surface area contributed by atoms with Crippen molar-refractivity contribution in [1.29, 1.82) is 0 Å². The van der Waals surface area contributed by atoms with E-state index in [0.29, 0.717) is 0 Å². The van der Waals surface area contributed by atoms with Crippen LogP contribution in [0.1, 0.15) is 6.92 Å². The first-order valence-electron chi connectivity index (χ1n) is 4.42. The molecular weight excluding hydrogens is 249 g/mol. The maximum Gasteiger partial charge on any atom is 0.306 e. The van der Waals surface area contributed by atoms with Crippen molar-refractivity contribution in [1.82, 2.24) is 5.32 Å². The predicted molar refractivity (Wildman–Crippen MR) is 63.1 cm³/mol. The van der Waals surface area contributed by atoms with Crippen molar-refractivity contribution >= 4 is 34.6 Å². The zero-order valence-electron chi connectivity index (χ0n) is 8.69. The van der Waals surface area contributed by atoms with Gasteiger partial charge in [0.1, 0.15) is 0 Å². The lowest BCUT2D eigenvalue weighted by Crippen LogP contribution is -2.32. The minimum absolute atomic E-state index is 0.0154. The summed E-state index contributed by atoms with van der Waals surface area (Å²) in [5, 5.41) is 15.3. The van der Waals surface area contributed by atoms with Crippen LogP contribution in [-0.4, -0.2) is 15.9 Å². The highest BCUT2D eigenvalue weighted by Gasteiger charge is 2.14. The number of thiocarbonyl (C=S) groups is 1. The van der Waals surface area contributed by atoms with Crippen LogP contribution in [0.15, 0.2) is 18.2 Å². The van der Waals surface area contributed by atoms with Crippen molar-refractivity contribution in [3.8, 4) is 0 Å². The van der Waals surface area contributed by atoms with Gasteiger partial charge in [-0.05, 0) is 24.4 Å². The van der Waals surface area contributed by atoms with E-state index in [1.165, 1.54) is 13.0 Å². The molecule has 8 heteroatoms. The molecule has 6 nitrogen and oxygen atoms in total. The highest BCUT2D eigenvalue weighted by atomic mass is 32.1. The first kappa shape index (κ1) is 13.0. The lowest BCUT2D eigenvalue weighted by Gasteiger charge is -2.07. The van der Waals surface area contributed by atoms with Gasteiger partial charge in [-0.15, -0.1) is 0 Å². The van der Waals surface area contributed by atoms with E-state index in [2.05, 4.69) is 10.6 Å². The normalized spacial score (nSPS) is 9.53. The van der Waals surface area contributed by atoms with E-state index in [1.54, 1.807) is 0 Å². The van der Waals surface area contributed by atoms with Crippen LogP contribution < -0.4 is 10.6 Å². The Labute approximate surface area is 101 Å². The molecule has 0 radical (unpaired) electrons. The third kappa shape index (κ3) is 3.76. The molecule has 0 aromatic heterocycles. The number of rotatable bonds is 2. The summed E-state index contributed by atoms with van der Waals surface area (Å²) in [6.07, 6.45) is 0. The largest absolute Gasteiger partial charge is 0.332 e. The predicted octanol–water partition coefficient (Wildman–Crippen LogP) is 1.57. The second kappa shape index (κ2) is 5.30.